The van der Waals surface area contributed by atoms with Gasteiger partial charge in [-0.2, -0.15) is 0 Å². The van der Waals surface area contributed by atoms with Gasteiger partial charge in [0.25, 0.3) is 5.91 Å². The quantitative estimate of drug-likeness (QED) is 0.0393. The lowest BCUT2D eigenvalue weighted by Gasteiger charge is -2.22. The van der Waals surface area contributed by atoms with Gasteiger partial charge in [-0.15, -0.1) is 0 Å². The van der Waals surface area contributed by atoms with Crippen LogP contribution in [0.4, 0.5) is 9.59 Å². The molecule has 18 nitrogen and oxygen atoms in total. The number of hydrogen-bond acceptors (Lipinski definition) is 12. The van der Waals surface area contributed by atoms with Crippen molar-refractivity contribution >= 4 is 47.3 Å². The number of urea groups is 2. The summed E-state index contributed by atoms with van der Waals surface area (Å²) in [7, 11) is 13.2. The van der Waals surface area contributed by atoms with Crippen molar-refractivity contribution in [2.24, 2.45) is 11.5 Å². The maximum Gasteiger partial charge on any atom is 0.318 e. The normalized spacial score (nSPS) is 11.1. The number of aryl methyl sites for hydroxylation is 2. The highest BCUT2D eigenvalue weighted by Gasteiger charge is 2.24. The molecule has 0 radical (unpaired) electrons. The fraction of sp³-hybridized carbons (Fsp3) is 0.241. The number of carbonyl (C=O) groups is 6. The third-order valence-corrected chi connectivity index (χ3v) is 11.5. The van der Waals surface area contributed by atoms with Crippen LogP contribution in [-0.2, 0) is 38.4 Å². The zero-order chi connectivity index (χ0) is 55.3. The number of nitrogens with two attached hydrogens (primary N) is 2. The van der Waals surface area contributed by atoms with Gasteiger partial charge in [-0.1, -0.05) is 48.5 Å². The van der Waals surface area contributed by atoms with Crippen molar-refractivity contribution < 1.29 is 57.2 Å². The van der Waals surface area contributed by atoms with Crippen molar-refractivity contribution in [1.82, 2.24) is 20.4 Å². The van der Waals surface area contributed by atoms with Gasteiger partial charge >= 0.3 is 12.1 Å². The number of nitrogens with zero attached hydrogens (tertiary/aromatic N) is 2. The monoisotopic (exact) mass is 1040 g/mol. The summed E-state index contributed by atoms with van der Waals surface area (Å²) < 4.78 is 33.4. The highest BCUT2D eigenvalue weighted by Crippen LogP contribution is 2.32. The fourth-order valence-electron chi connectivity index (χ4n) is 7.57. The third kappa shape index (κ3) is 18.0. The van der Waals surface area contributed by atoms with Crippen LogP contribution in [0.25, 0.3) is 11.6 Å². The molecule has 0 aliphatic rings. The van der Waals surface area contributed by atoms with Crippen LogP contribution < -0.4 is 50.5 Å². The summed E-state index contributed by atoms with van der Waals surface area (Å²) in [6.45, 7) is 0. The van der Waals surface area contributed by atoms with Crippen LogP contribution in [0.1, 0.15) is 52.1 Å². The van der Waals surface area contributed by atoms with Crippen LogP contribution in [0.5, 0.6) is 46.0 Å². The van der Waals surface area contributed by atoms with Crippen LogP contribution in [0.3, 0.4) is 0 Å². The molecule has 0 saturated heterocycles. The maximum atomic E-state index is 13.1. The van der Waals surface area contributed by atoms with E-state index in [1.54, 1.807) is 104 Å². The van der Waals surface area contributed by atoms with Crippen molar-refractivity contribution in [2.45, 2.75) is 38.0 Å². The number of primary amides is 2. The van der Waals surface area contributed by atoms with Crippen molar-refractivity contribution in [1.29, 1.82) is 0 Å². The Labute approximate surface area is 442 Å². The van der Waals surface area contributed by atoms with Crippen LogP contribution in [0, 0.1) is 0 Å². The number of nitrogens with one attached hydrogen (secondary N) is 2. The minimum atomic E-state index is -0.862. The smallest absolute Gasteiger partial charge is 0.318 e. The summed E-state index contributed by atoms with van der Waals surface area (Å²) in [4.78, 5) is 73.9. The lowest BCUT2D eigenvalue weighted by atomic mass is 9.90. The molecule has 0 heterocycles. The molecule has 0 fully saturated rings. The molecule has 6 rings (SSSR count). The largest absolute Gasteiger partial charge is 0.497 e. The fourth-order valence-corrected chi connectivity index (χ4v) is 7.57. The summed E-state index contributed by atoms with van der Waals surface area (Å²) in [6, 6.07) is 38.6. The van der Waals surface area contributed by atoms with E-state index in [9.17, 15) is 28.8 Å². The van der Waals surface area contributed by atoms with Gasteiger partial charge < -0.3 is 49.7 Å². The van der Waals surface area contributed by atoms with E-state index in [-0.39, 0.29) is 24.7 Å². The molecule has 0 saturated carbocycles. The van der Waals surface area contributed by atoms with E-state index in [0.29, 0.717) is 70.8 Å². The number of imide groups is 2. The first-order valence-electron chi connectivity index (χ1n) is 23.9. The summed E-state index contributed by atoms with van der Waals surface area (Å²) in [6.07, 6.45) is 3.50. The van der Waals surface area contributed by atoms with Gasteiger partial charge in [-0.25, -0.2) is 9.59 Å². The Morgan fingerprint density at radius 2 is 0.868 bits per heavy atom. The Morgan fingerprint density at radius 3 is 1.24 bits per heavy atom. The van der Waals surface area contributed by atoms with E-state index >= 15 is 0 Å². The highest BCUT2D eigenvalue weighted by atomic mass is 16.5. The van der Waals surface area contributed by atoms with Gasteiger partial charge in [0.2, 0.25) is 17.7 Å². The first kappa shape index (κ1) is 57.6. The number of benzene rings is 6. The highest BCUT2D eigenvalue weighted by molar-refractivity contribution is 6.24. The van der Waals surface area contributed by atoms with Crippen molar-refractivity contribution in [3.05, 3.63) is 167 Å². The Kier molecular flexibility index (Phi) is 21.4. The zero-order valence-electron chi connectivity index (χ0n) is 43.8. The molecule has 0 aromatic heterocycles. The van der Waals surface area contributed by atoms with E-state index in [1.165, 1.54) is 4.90 Å². The lowest BCUT2D eigenvalue weighted by molar-refractivity contribution is -0.130. The third-order valence-electron chi connectivity index (χ3n) is 11.5. The summed E-state index contributed by atoms with van der Waals surface area (Å²) in [5, 5.41) is 4.09. The minimum absolute atomic E-state index is 0.0134. The van der Waals surface area contributed by atoms with Crippen LogP contribution in [-0.4, -0.2) is 102 Å². The Balaban J connectivity index is 0.000000281. The second-order valence-electron chi connectivity index (χ2n) is 17.5. The number of rotatable bonds is 21. The van der Waals surface area contributed by atoms with E-state index < -0.39 is 29.8 Å². The number of ether oxygens (including phenoxy) is 6. The lowest BCUT2D eigenvalue weighted by Crippen LogP contribution is -2.35. The molecule has 6 aromatic rings. The topological polar surface area (TPSA) is 240 Å². The zero-order valence-corrected chi connectivity index (χ0v) is 43.8. The standard InChI is InChI=1S/C29H33N3O6.C29H31N3O6/c2*1-32(2)28(34)26(17-20-15-24(36-3)18-25(16-20)37-4)21-8-12-23(13-9-21)38-22-10-5-19(6-11-22)7-14-27(33)31-29(30)35/h5-6,8-13,15-16,18,26H,7,14,17H2,1-4H3,(H3,30,31,33,35);5-6,8-13,15-18H,7,14H2,1-4H3,(H3,30,31,33,35)/b;26-17+. The number of amides is 8. The Hall–Kier alpha value is -9.32. The van der Waals surface area contributed by atoms with Gasteiger partial charge in [0.05, 0.1) is 34.4 Å². The Bertz CT molecular complexity index is 2930. The van der Waals surface area contributed by atoms with Crippen LogP contribution in [0.2, 0.25) is 0 Å². The first-order valence-corrected chi connectivity index (χ1v) is 23.9. The molecule has 6 N–H and O–H groups in total. The molecule has 0 spiro atoms. The predicted octanol–water partition coefficient (Wildman–Crippen LogP) is 8.29. The number of hydrogen-bond donors (Lipinski definition) is 4. The molecule has 8 amide bonds. The molecule has 76 heavy (non-hydrogen) atoms. The molecule has 0 aliphatic carbocycles. The SMILES string of the molecule is COc1cc(/C=C(/C(=O)N(C)C)c2ccc(Oc3ccc(CCC(=O)NC(N)=O)cc3)cc2)cc(OC)c1.COc1cc(CC(C(=O)N(C)C)c2ccc(Oc3ccc(CCC(=O)NC(N)=O)cc3)cc2)cc(OC)c1. The van der Waals surface area contributed by atoms with E-state index in [0.717, 1.165) is 33.4 Å². The van der Waals surface area contributed by atoms with Gasteiger partial charge in [-0.3, -0.25) is 29.8 Å². The molecule has 18 heteroatoms. The second-order valence-corrected chi connectivity index (χ2v) is 17.5. The molecule has 1 atom stereocenters. The van der Waals surface area contributed by atoms with Crippen LogP contribution in [0.15, 0.2) is 133 Å². The first-order chi connectivity index (χ1) is 36.4. The molecule has 0 bridgehead atoms. The molecule has 1 unspecified atom stereocenters. The van der Waals surface area contributed by atoms with Crippen LogP contribution >= 0.6 is 0 Å². The van der Waals surface area contributed by atoms with E-state index in [4.69, 9.17) is 39.9 Å². The molecule has 6 aromatic carbocycles. The molecular weight excluding hydrogens is 973 g/mol. The summed E-state index contributed by atoms with van der Waals surface area (Å²) >= 11 is 0. The number of methoxy groups -OCH3 is 4. The molecule has 0 aliphatic heterocycles. The number of carbonyl (C=O) groups excluding carboxylic acids is 6. The van der Waals surface area contributed by atoms with E-state index in [1.807, 2.05) is 108 Å². The van der Waals surface area contributed by atoms with Crippen molar-refractivity contribution in [3.8, 4) is 46.0 Å². The summed E-state index contributed by atoms with van der Waals surface area (Å²) in [5.41, 5.74) is 15.5. The molecular formula is C58H64N6O12. The van der Waals surface area contributed by atoms with Gasteiger partial charge in [0, 0.05) is 58.7 Å². The Morgan fingerprint density at radius 1 is 0.487 bits per heavy atom. The second kappa shape index (κ2) is 28.2. The summed E-state index contributed by atoms with van der Waals surface area (Å²) in [5.74, 6) is 3.63. The average Bonchev–Trinajstić information content (AvgIpc) is 3.41. The number of likely N-dealkylation sites (N-methyl/N-ethyl adjacent to an activating group) is 2. The minimum Gasteiger partial charge on any atom is -0.497 e. The van der Waals surface area contributed by atoms with Gasteiger partial charge in [0.1, 0.15) is 46.0 Å². The van der Waals surface area contributed by atoms with Gasteiger partial charge in [0.15, 0.2) is 0 Å². The van der Waals surface area contributed by atoms with Crippen molar-refractivity contribution in [2.75, 3.05) is 56.6 Å². The average molecular weight is 1040 g/mol. The molecule has 398 valence electrons. The van der Waals surface area contributed by atoms with Crippen molar-refractivity contribution in [3.63, 3.8) is 0 Å². The van der Waals surface area contributed by atoms with E-state index in [2.05, 4.69) is 0 Å². The van der Waals surface area contributed by atoms with Gasteiger partial charge in [-0.05, 0) is 132 Å². The predicted molar refractivity (Wildman–Crippen MR) is 289 cm³/mol. The maximum absolute atomic E-state index is 13.1.